The molecular formula is C4HN5S. The molecule has 0 fully saturated rings. The molecule has 0 aromatic rings. The first-order chi connectivity index (χ1) is 4.86. The Bertz CT molecular complexity index is 310. The van der Waals surface area contributed by atoms with E-state index in [-0.39, 0.29) is 0 Å². The van der Waals surface area contributed by atoms with Crippen molar-refractivity contribution in [2.45, 2.75) is 0 Å². The monoisotopic (exact) mass is 151 g/mol. The van der Waals surface area contributed by atoms with Gasteiger partial charge < -0.3 is 0 Å². The molecule has 2 aliphatic heterocycles. The largest absolute Gasteiger partial charge is 0.225 e. The number of fused-ring (bicyclic) bond motifs is 1. The summed E-state index contributed by atoms with van der Waals surface area (Å²) in [5.74, 6) is 0.439. The van der Waals surface area contributed by atoms with Gasteiger partial charge in [-0.25, -0.2) is 0 Å². The highest BCUT2D eigenvalue weighted by atomic mass is 32.1. The lowest BCUT2D eigenvalue weighted by molar-refractivity contribution is 1.10. The van der Waals surface area contributed by atoms with Gasteiger partial charge in [0.15, 0.2) is 4.99 Å². The average Bonchev–Trinajstić information content (AvgIpc) is 2.33. The Morgan fingerprint density at radius 2 is 2.10 bits per heavy atom. The van der Waals surface area contributed by atoms with Crippen LogP contribution in [0.5, 0.6) is 0 Å². The molecule has 0 spiro atoms. The molecule has 0 N–H and O–H groups in total. The molecule has 48 valence electrons. The van der Waals surface area contributed by atoms with Crippen LogP contribution in [-0.4, -0.2) is 10.8 Å². The number of thiocarbonyl (C=S) groups is 1. The van der Waals surface area contributed by atoms with Crippen molar-refractivity contribution in [3.63, 3.8) is 0 Å². The van der Waals surface area contributed by atoms with Gasteiger partial charge >= 0.3 is 0 Å². The van der Waals surface area contributed by atoms with Crippen LogP contribution in [0.25, 0.3) is 0 Å². The summed E-state index contributed by atoms with van der Waals surface area (Å²) >= 11 is 4.74. The Labute approximate surface area is 61.3 Å². The molecule has 10 heavy (non-hydrogen) atoms. The van der Waals surface area contributed by atoms with Crippen LogP contribution in [0.15, 0.2) is 37.4 Å². The predicted molar refractivity (Wildman–Crippen MR) is 37.8 cm³/mol. The summed E-state index contributed by atoms with van der Waals surface area (Å²) in [6.45, 7) is 0. The molecule has 2 rings (SSSR count). The summed E-state index contributed by atoms with van der Waals surface area (Å²) in [6.07, 6.45) is 1.61. The van der Waals surface area contributed by atoms with Crippen molar-refractivity contribution in [2.24, 2.45) is 25.7 Å². The Kier molecular flexibility index (Phi) is 1.01. The molecule has 0 unspecified atom stereocenters. The molecule has 0 saturated carbocycles. The van der Waals surface area contributed by atoms with Crippen molar-refractivity contribution in [3.05, 3.63) is 11.8 Å². The summed E-state index contributed by atoms with van der Waals surface area (Å²) in [5.41, 5.74) is 0.597. The predicted octanol–water partition coefficient (Wildman–Crippen LogP) is 1.44. The Morgan fingerprint density at radius 1 is 1.20 bits per heavy atom. The van der Waals surface area contributed by atoms with Crippen molar-refractivity contribution < 1.29 is 0 Å². The fourth-order valence-corrected chi connectivity index (χ4v) is 0.768. The van der Waals surface area contributed by atoms with Gasteiger partial charge in [-0.2, -0.15) is 0 Å². The smallest absolute Gasteiger partial charge is 0.137 e. The summed E-state index contributed by atoms with van der Waals surface area (Å²) in [7, 11) is 0. The van der Waals surface area contributed by atoms with Gasteiger partial charge in [-0.3, -0.25) is 0 Å². The molecule has 0 aliphatic carbocycles. The lowest BCUT2D eigenvalue weighted by atomic mass is 10.3. The van der Waals surface area contributed by atoms with E-state index >= 15 is 0 Å². The Hall–Kier alpha value is -1.30. The van der Waals surface area contributed by atoms with Crippen LogP contribution in [0.3, 0.4) is 0 Å². The first kappa shape index (κ1) is 5.48. The van der Waals surface area contributed by atoms with Gasteiger partial charge in [0.05, 0.1) is 0 Å². The van der Waals surface area contributed by atoms with Gasteiger partial charge in [0.1, 0.15) is 5.70 Å². The number of hydrogen-bond donors (Lipinski definition) is 0. The second-order valence-electron chi connectivity index (χ2n) is 1.68. The van der Waals surface area contributed by atoms with Crippen LogP contribution in [0.1, 0.15) is 0 Å². The van der Waals surface area contributed by atoms with E-state index in [1.807, 2.05) is 0 Å². The summed E-state index contributed by atoms with van der Waals surface area (Å²) in [5, 5.41) is 17.9. The number of azo groups is 1. The fraction of sp³-hybridized carbons (Fsp3) is 0. The molecule has 0 atom stereocenters. The van der Waals surface area contributed by atoms with Crippen molar-refractivity contribution in [2.75, 3.05) is 0 Å². The maximum atomic E-state index is 4.74. The molecule has 2 heterocycles. The van der Waals surface area contributed by atoms with Crippen LogP contribution in [0, 0.1) is 0 Å². The molecule has 0 aromatic carbocycles. The van der Waals surface area contributed by atoms with Crippen molar-refractivity contribution in [1.29, 1.82) is 0 Å². The third-order valence-corrected chi connectivity index (χ3v) is 1.22. The van der Waals surface area contributed by atoms with Crippen LogP contribution in [-0.2, 0) is 0 Å². The topological polar surface area (TPSA) is 61.8 Å². The third-order valence-electron chi connectivity index (χ3n) is 1.02. The second kappa shape index (κ2) is 1.84. The second-order valence-corrected chi connectivity index (χ2v) is 2.10. The van der Waals surface area contributed by atoms with E-state index in [1.165, 1.54) is 0 Å². The summed E-state index contributed by atoms with van der Waals surface area (Å²) in [4.78, 5) is 0.412. The van der Waals surface area contributed by atoms with Gasteiger partial charge in [-0.05, 0) is 5.22 Å². The molecule has 5 nitrogen and oxygen atoms in total. The van der Waals surface area contributed by atoms with Gasteiger partial charge in [-0.15, -0.1) is 20.4 Å². The summed E-state index contributed by atoms with van der Waals surface area (Å²) < 4.78 is 0. The van der Waals surface area contributed by atoms with E-state index < -0.39 is 0 Å². The van der Waals surface area contributed by atoms with E-state index in [0.717, 1.165) is 0 Å². The lowest BCUT2D eigenvalue weighted by Crippen LogP contribution is -2.00. The summed E-state index contributed by atoms with van der Waals surface area (Å²) in [6, 6.07) is 0. The van der Waals surface area contributed by atoms with E-state index in [2.05, 4.69) is 25.7 Å². The van der Waals surface area contributed by atoms with Crippen molar-refractivity contribution >= 4 is 23.0 Å². The number of amidine groups is 1. The minimum Gasteiger partial charge on any atom is -0.137 e. The van der Waals surface area contributed by atoms with Crippen molar-refractivity contribution in [3.8, 4) is 0 Å². The molecule has 0 aromatic heterocycles. The third kappa shape index (κ3) is 0.695. The van der Waals surface area contributed by atoms with E-state index in [4.69, 9.17) is 12.2 Å². The van der Waals surface area contributed by atoms with E-state index in [9.17, 15) is 0 Å². The minimum absolute atomic E-state index is 0.412. The van der Waals surface area contributed by atoms with Gasteiger partial charge in [0.25, 0.3) is 0 Å². The zero-order chi connectivity index (χ0) is 6.97. The van der Waals surface area contributed by atoms with E-state index in [0.29, 0.717) is 16.5 Å². The quantitative estimate of drug-likeness (QED) is 0.483. The first-order valence-electron chi connectivity index (χ1n) is 2.53. The zero-order valence-electron chi connectivity index (χ0n) is 4.72. The highest BCUT2D eigenvalue weighted by molar-refractivity contribution is 7.80. The Morgan fingerprint density at radius 3 is 3.00 bits per heavy atom. The molecule has 0 radical (unpaired) electrons. The maximum absolute atomic E-state index is 4.74. The molecule has 0 amide bonds. The molecule has 2 aliphatic rings. The first-order valence-corrected chi connectivity index (χ1v) is 2.93. The molecular weight excluding hydrogens is 150 g/mol. The van der Waals surface area contributed by atoms with Crippen LogP contribution in [0.4, 0.5) is 0 Å². The standard InChI is InChI=1S/C4HN5S/c10-3-1-2-4(7-6-3)8-9-5-2/h1H. The maximum Gasteiger partial charge on any atom is 0.225 e. The van der Waals surface area contributed by atoms with Crippen LogP contribution < -0.4 is 0 Å². The van der Waals surface area contributed by atoms with E-state index in [1.54, 1.807) is 6.08 Å². The fourth-order valence-electron chi connectivity index (χ4n) is 0.616. The van der Waals surface area contributed by atoms with Crippen molar-refractivity contribution in [1.82, 2.24) is 0 Å². The number of rotatable bonds is 0. The number of nitrogens with zero attached hydrogens (tertiary/aromatic N) is 5. The van der Waals surface area contributed by atoms with Gasteiger partial charge in [0.2, 0.25) is 5.84 Å². The molecule has 0 bridgehead atoms. The Balaban J connectivity index is 2.51. The lowest BCUT2D eigenvalue weighted by Gasteiger charge is -1.95. The van der Waals surface area contributed by atoms with Crippen LogP contribution >= 0.6 is 12.2 Å². The van der Waals surface area contributed by atoms with Crippen LogP contribution in [0.2, 0.25) is 0 Å². The normalized spacial score (nSPS) is 20.6. The number of hydrogen-bond acceptors (Lipinski definition) is 5. The molecule has 0 saturated heterocycles. The van der Waals surface area contributed by atoms with Gasteiger partial charge in [-0.1, -0.05) is 12.2 Å². The van der Waals surface area contributed by atoms with Gasteiger partial charge in [0, 0.05) is 6.08 Å². The minimum atomic E-state index is 0.412. The SMILES string of the molecule is S=C1C=C2N=NN=C2N=N1. The highest BCUT2D eigenvalue weighted by Gasteiger charge is 2.15. The highest BCUT2D eigenvalue weighted by Crippen LogP contribution is 2.15. The molecule has 6 heteroatoms. The average molecular weight is 151 g/mol. The zero-order valence-corrected chi connectivity index (χ0v) is 5.54.